The van der Waals surface area contributed by atoms with Crippen molar-refractivity contribution in [3.8, 4) is 17.0 Å². The highest BCUT2D eigenvalue weighted by Gasteiger charge is 2.67. The first-order valence-corrected chi connectivity index (χ1v) is 12.8. The molecule has 3 N–H and O–H groups in total. The van der Waals surface area contributed by atoms with E-state index in [-0.39, 0.29) is 57.3 Å². The van der Waals surface area contributed by atoms with Gasteiger partial charge < -0.3 is 20.5 Å². The minimum absolute atomic E-state index is 0.00567. The zero-order chi connectivity index (χ0) is 33.1. The number of aliphatic hydroxyl groups is 1. The van der Waals surface area contributed by atoms with Crippen LogP contribution in [0.15, 0.2) is 36.8 Å². The molecule has 1 aromatic carbocycles. The highest BCUT2D eigenvalue weighted by atomic mass is 19.4. The number of carbonyl (C=O) groups excluding carboxylic acids is 1. The Hall–Kier alpha value is -4.31. The van der Waals surface area contributed by atoms with Crippen LogP contribution in [0, 0.1) is 5.82 Å². The van der Waals surface area contributed by atoms with Crippen molar-refractivity contribution in [3.05, 3.63) is 70.8 Å². The van der Waals surface area contributed by atoms with Gasteiger partial charge in [0.1, 0.15) is 17.3 Å². The van der Waals surface area contributed by atoms with Crippen molar-refractivity contribution >= 4 is 11.6 Å². The second-order valence-electron chi connectivity index (χ2n) is 10.9. The van der Waals surface area contributed by atoms with E-state index in [9.17, 15) is 31.9 Å². The van der Waals surface area contributed by atoms with Crippen LogP contribution in [0.5, 0.6) is 5.75 Å². The number of ether oxygens (including phenoxy) is 1. The Bertz CT molecular complexity index is 1910. The Morgan fingerprint density at radius 2 is 1.93 bits per heavy atom. The van der Waals surface area contributed by atoms with E-state index in [1.54, 1.807) is 0 Å². The Labute approximate surface area is 242 Å². The van der Waals surface area contributed by atoms with Crippen LogP contribution in [0.25, 0.3) is 16.9 Å². The monoisotopic (exact) mass is 608 g/mol. The molecule has 16 heteroatoms. The fourth-order valence-electron chi connectivity index (χ4n) is 6.33. The van der Waals surface area contributed by atoms with Crippen LogP contribution in [0.4, 0.5) is 26.3 Å². The number of fused-ring (bicyclic) bond motifs is 9. The molecular weight excluding hydrogens is 584 g/mol. The summed E-state index contributed by atoms with van der Waals surface area (Å²) in [5.74, 6) is -3.35. The molecule has 1 saturated carbocycles. The van der Waals surface area contributed by atoms with Crippen LogP contribution in [0.1, 0.15) is 68.3 Å². The molecule has 0 unspecified atom stereocenters. The molecule has 3 aliphatic rings. The molecule has 1 amide bonds. The van der Waals surface area contributed by atoms with Gasteiger partial charge in [-0.05, 0) is 18.6 Å². The lowest BCUT2D eigenvalue weighted by Gasteiger charge is -2.50. The largest absolute Gasteiger partial charge is 0.434 e. The van der Waals surface area contributed by atoms with Crippen LogP contribution < -0.4 is 10.5 Å². The van der Waals surface area contributed by atoms with Crippen molar-refractivity contribution in [2.24, 2.45) is 5.73 Å². The number of benzene rings is 1. The summed E-state index contributed by atoms with van der Waals surface area (Å²) in [6.07, 6.45) is -3.57. The summed E-state index contributed by atoms with van der Waals surface area (Å²) >= 11 is 0. The number of halogens is 6. The number of hydrogen-bond acceptors (Lipinski definition) is 8. The van der Waals surface area contributed by atoms with Gasteiger partial charge in [0.15, 0.2) is 17.1 Å². The molecule has 4 heterocycles. The van der Waals surface area contributed by atoms with Gasteiger partial charge >= 0.3 is 12.8 Å². The van der Waals surface area contributed by atoms with E-state index >= 15 is 4.39 Å². The molecule has 4 aromatic rings. The Kier molecular flexibility index (Phi) is 4.98. The second-order valence-corrected chi connectivity index (χ2v) is 10.9. The Balaban J connectivity index is 1.34. The normalized spacial score (nSPS) is 27.7. The number of rotatable bonds is 4. The van der Waals surface area contributed by atoms with Crippen LogP contribution in [0.2, 0.25) is 0 Å². The maximum atomic E-state index is 15.4. The number of aromatic nitrogens is 5. The molecule has 2 bridgehead atoms. The summed E-state index contributed by atoms with van der Waals surface area (Å²) in [5, 5.41) is 14.2. The molecule has 0 spiro atoms. The number of nitrogens with zero attached hydrogens (tertiary/aromatic N) is 6. The van der Waals surface area contributed by atoms with Gasteiger partial charge in [-0.1, -0.05) is 6.07 Å². The highest BCUT2D eigenvalue weighted by molar-refractivity contribution is 5.98. The Morgan fingerprint density at radius 1 is 1.21 bits per heavy atom. The zero-order valence-corrected chi connectivity index (χ0v) is 21.6. The fourth-order valence-corrected chi connectivity index (χ4v) is 6.33. The molecule has 0 saturated heterocycles. The summed E-state index contributed by atoms with van der Waals surface area (Å²) in [4.78, 5) is 26.7. The van der Waals surface area contributed by atoms with Crippen LogP contribution >= 0.6 is 0 Å². The SMILES string of the molecule is [2H]C([2H])([2H])N1C(=O)c2cccc(OC(F)F)c2[C@H]2C[C@@H]1c1nn3cc(F)c(-c4cnc(C5(N)CC(O)(C(F)(F)F)C5)nc4)nc3c12. The third-order valence-corrected chi connectivity index (χ3v) is 8.26. The summed E-state index contributed by atoms with van der Waals surface area (Å²) in [6.45, 7) is -6.23. The quantitative estimate of drug-likeness (QED) is 0.335. The lowest BCUT2D eigenvalue weighted by Crippen LogP contribution is -2.66. The first-order chi connectivity index (χ1) is 21.4. The van der Waals surface area contributed by atoms with Gasteiger partial charge in [0, 0.05) is 64.5 Å². The number of hydrogen-bond donors (Lipinski definition) is 2. The van der Waals surface area contributed by atoms with E-state index in [0.29, 0.717) is 4.90 Å². The van der Waals surface area contributed by atoms with Crippen molar-refractivity contribution < 1.29 is 45.1 Å². The average molecular weight is 609 g/mol. The van der Waals surface area contributed by atoms with Crippen molar-refractivity contribution in [3.63, 3.8) is 0 Å². The standard InChI is InChI=1S/C27H21F6N7O3/c1-39-15-5-13(17-12(22(39)41)3-2-4-16(17)43-24(29)30)18-20(15)38-40-8-14(28)19(37-21(18)40)11-6-35-23(36-7-11)25(34)9-26(42,10-25)27(31,32)33/h2-4,6-8,13,15,24,42H,5,9-10,34H2,1H3/t13-,15-,25?,26?/m1/s1/i1D3. The maximum absolute atomic E-state index is 15.4. The molecule has 43 heavy (non-hydrogen) atoms. The zero-order valence-electron chi connectivity index (χ0n) is 24.6. The molecule has 1 aliphatic heterocycles. The molecule has 224 valence electrons. The van der Waals surface area contributed by atoms with E-state index in [1.807, 2.05) is 0 Å². The van der Waals surface area contributed by atoms with Crippen molar-refractivity contribution in [1.82, 2.24) is 29.5 Å². The predicted molar refractivity (Wildman–Crippen MR) is 134 cm³/mol. The fraction of sp³-hybridized carbons (Fsp3) is 0.370. The smallest absolute Gasteiger partial charge is 0.417 e. The lowest BCUT2D eigenvalue weighted by atomic mass is 9.64. The molecule has 7 rings (SSSR count). The number of carbonyl (C=O) groups is 1. The van der Waals surface area contributed by atoms with Gasteiger partial charge in [-0.15, -0.1) is 0 Å². The van der Waals surface area contributed by atoms with E-state index in [4.69, 9.17) is 14.6 Å². The minimum atomic E-state index is -4.90. The molecule has 0 radical (unpaired) electrons. The van der Waals surface area contributed by atoms with Crippen LogP contribution in [-0.4, -0.2) is 65.8 Å². The predicted octanol–water partition coefficient (Wildman–Crippen LogP) is 3.83. The number of alkyl halides is 5. The second kappa shape index (κ2) is 8.86. The Morgan fingerprint density at radius 3 is 2.58 bits per heavy atom. The molecule has 10 nitrogen and oxygen atoms in total. The minimum Gasteiger partial charge on any atom is -0.434 e. The van der Waals surface area contributed by atoms with Gasteiger partial charge in [-0.2, -0.15) is 27.1 Å². The lowest BCUT2D eigenvalue weighted by molar-refractivity contribution is -0.304. The highest BCUT2D eigenvalue weighted by Crippen LogP contribution is 2.54. The summed E-state index contributed by atoms with van der Waals surface area (Å²) in [5.41, 5.74) is 1.24. The molecule has 1 fully saturated rings. The summed E-state index contributed by atoms with van der Waals surface area (Å²) in [7, 11) is 0. The molecular formula is C27H21F6N7O3. The summed E-state index contributed by atoms with van der Waals surface area (Å²) in [6, 6.07) is 2.67. The summed E-state index contributed by atoms with van der Waals surface area (Å²) < 4.78 is 112. The van der Waals surface area contributed by atoms with E-state index in [2.05, 4.69) is 20.1 Å². The number of nitrogens with two attached hydrogens (primary N) is 1. The third-order valence-electron chi connectivity index (χ3n) is 8.26. The average Bonchev–Trinajstić information content (AvgIpc) is 3.42. The van der Waals surface area contributed by atoms with Crippen molar-refractivity contribution in [2.45, 2.75) is 55.1 Å². The van der Waals surface area contributed by atoms with Gasteiger partial charge in [-0.3, -0.25) is 4.79 Å². The van der Waals surface area contributed by atoms with E-state index in [0.717, 1.165) is 23.1 Å². The van der Waals surface area contributed by atoms with Crippen LogP contribution in [-0.2, 0) is 5.54 Å². The molecule has 2 aliphatic carbocycles. The number of amides is 1. The first kappa shape index (κ1) is 24.2. The van der Waals surface area contributed by atoms with Crippen molar-refractivity contribution in [2.75, 3.05) is 6.98 Å². The van der Waals surface area contributed by atoms with Gasteiger partial charge in [-0.25, -0.2) is 23.9 Å². The van der Waals surface area contributed by atoms with Gasteiger partial charge in [0.2, 0.25) is 0 Å². The topological polar surface area (TPSA) is 132 Å². The van der Waals surface area contributed by atoms with Gasteiger partial charge in [0.25, 0.3) is 5.91 Å². The maximum Gasteiger partial charge on any atom is 0.417 e. The van der Waals surface area contributed by atoms with Gasteiger partial charge in [0.05, 0.1) is 23.5 Å². The molecule has 2 atom stereocenters. The van der Waals surface area contributed by atoms with Crippen LogP contribution in [0.3, 0.4) is 0 Å². The first-order valence-electron chi connectivity index (χ1n) is 14.3. The van der Waals surface area contributed by atoms with E-state index < -0.39 is 67.4 Å². The third kappa shape index (κ3) is 3.92. The van der Waals surface area contributed by atoms with Crippen molar-refractivity contribution in [1.29, 1.82) is 0 Å². The molecule has 3 aromatic heterocycles. The van der Waals surface area contributed by atoms with E-state index in [1.165, 1.54) is 18.2 Å².